The second-order valence-corrected chi connectivity index (χ2v) is 4.88. The fourth-order valence-electron chi connectivity index (χ4n) is 1.38. The maximum Gasteiger partial charge on any atom is 0.251 e. The van der Waals surface area contributed by atoms with Gasteiger partial charge in [-0.15, -0.1) is 0 Å². The molecule has 0 saturated heterocycles. The zero-order valence-corrected chi connectivity index (χ0v) is 11.5. The molecule has 18 heavy (non-hydrogen) atoms. The molecule has 0 fully saturated rings. The predicted molar refractivity (Wildman–Crippen MR) is 73.3 cm³/mol. The second-order valence-electron chi connectivity index (χ2n) is 3.62. The van der Waals surface area contributed by atoms with Gasteiger partial charge in [0.1, 0.15) is 5.82 Å². The van der Waals surface area contributed by atoms with Gasteiger partial charge >= 0.3 is 0 Å². The molecular weight excluding hydrogens is 320 g/mol. The summed E-state index contributed by atoms with van der Waals surface area (Å²) in [6.45, 7) is 0.321. The van der Waals surface area contributed by atoms with Gasteiger partial charge in [-0.05, 0) is 34.1 Å². The summed E-state index contributed by atoms with van der Waals surface area (Å²) < 4.78 is 0.680. The number of aromatic nitrogens is 2. The summed E-state index contributed by atoms with van der Waals surface area (Å²) in [4.78, 5) is 11.9. The fraction of sp³-hybridized carbons (Fsp3) is 0.0909. The van der Waals surface area contributed by atoms with E-state index < -0.39 is 0 Å². The van der Waals surface area contributed by atoms with Crippen LogP contribution in [0.1, 0.15) is 15.9 Å². The van der Waals surface area contributed by atoms with E-state index in [1.54, 1.807) is 24.4 Å². The number of benzene rings is 1. The Morgan fingerprint density at radius 3 is 2.94 bits per heavy atom. The predicted octanol–water partition coefficient (Wildman–Crippen LogP) is 2.34. The molecule has 0 unspecified atom stereocenters. The quantitative estimate of drug-likeness (QED) is 0.808. The summed E-state index contributed by atoms with van der Waals surface area (Å²) in [6, 6.07) is 4.98. The Morgan fingerprint density at radius 1 is 1.56 bits per heavy atom. The molecule has 5 nitrogen and oxygen atoms in total. The van der Waals surface area contributed by atoms with Crippen LogP contribution in [-0.4, -0.2) is 16.1 Å². The number of carbonyl (C=O) groups is 1. The summed E-state index contributed by atoms with van der Waals surface area (Å²) in [5, 5.41) is 9.68. The molecule has 94 valence electrons. The molecule has 1 aromatic carbocycles. The Labute approximate surface area is 117 Å². The van der Waals surface area contributed by atoms with E-state index in [9.17, 15) is 4.79 Å². The summed E-state index contributed by atoms with van der Waals surface area (Å²) in [7, 11) is 0. The van der Waals surface area contributed by atoms with E-state index >= 15 is 0 Å². The van der Waals surface area contributed by atoms with Crippen LogP contribution in [0.15, 0.2) is 28.9 Å². The lowest BCUT2D eigenvalue weighted by Crippen LogP contribution is -2.23. The van der Waals surface area contributed by atoms with Crippen LogP contribution in [-0.2, 0) is 6.54 Å². The number of amides is 1. The smallest absolute Gasteiger partial charge is 0.251 e. The van der Waals surface area contributed by atoms with Crippen LogP contribution in [0.3, 0.4) is 0 Å². The Morgan fingerprint density at radius 2 is 2.33 bits per heavy atom. The first-order valence-corrected chi connectivity index (χ1v) is 6.26. The molecule has 0 aliphatic carbocycles. The van der Waals surface area contributed by atoms with Gasteiger partial charge in [-0.2, -0.15) is 5.10 Å². The van der Waals surface area contributed by atoms with Gasteiger partial charge in [0.25, 0.3) is 5.91 Å². The maximum absolute atomic E-state index is 11.9. The van der Waals surface area contributed by atoms with Crippen LogP contribution in [0.2, 0.25) is 5.02 Å². The lowest BCUT2D eigenvalue weighted by atomic mass is 10.2. The summed E-state index contributed by atoms with van der Waals surface area (Å²) in [5.74, 6) is 0.251. The molecule has 1 amide bonds. The molecule has 2 aromatic rings. The fourth-order valence-corrected chi connectivity index (χ4v) is 1.87. The highest BCUT2D eigenvalue weighted by atomic mass is 79.9. The lowest BCUT2D eigenvalue weighted by molar-refractivity contribution is 0.0951. The van der Waals surface area contributed by atoms with E-state index in [1.807, 2.05) is 0 Å². The molecule has 4 N–H and O–H groups in total. The number of nitrogens with zero attached hydrogens (tertiary/aromatic N) is 1. The van der Waals surface area contributed by atoms with E-state index in [-0.39, 0.29) is 5.91 Å². The largest absolute Gasteiger partial charge is 0.384 e. The van der Waals surface area contributed by atoms with Gasteiger partial charge in [0.15, 0.2) is 0 Å². The van der Waals surface area contributed by atoms with Crippen LogP contribution in [0, 0.1) is 0 Å². The van der Waals surface area contributed by atoms with Crippen molar-refractivity contribution in [1.82, 2.24) is 15.5 Å². The van der Waals surface area contributed by atoms with E-state index in [1.165, 1.54) is 0 Å². The highest BCUT2D eigenvalue weighted by molar-refractivity contribution is 9.10. The van der Waals surface area contributed by atoms with Crippen LogP contribution in [0.4, 0.5) is 5.82 Å². The minimum atomic E-state index is -0.201. The van der Waals surface area contributed by atoms with Crippen LogP contribution in [0.5, 0.6) is 0 Å². The number of anilines is 1. The number of rotatable bonds is 3. The molecule has 0 aliphatic heterocycles. The number of halogens is 2. The molecule has 0 saturated carbocycles. The van der Waals surface area contributed by atoms with Crippen molar-refractivity contribution < 1.29 is 4.79 Å². The van der Waals surface area contributed by atoms with E-state index in [2.05, 4.69) is 31.4 Å². The molecule has 7 heteroatoms. The monoisotopic (exact) mass is 328 g/mol. The van der Waals surface area contributed by atoms with Crippen molar-refractivity contribution in [3.63, 3.8) is 0 Å². The molecule has 0 radical (unpaired) electrons. The van der Waals surface area contributed by atoms with Crippen molar-refractivity contribution in [2.75, 3.05) is 5.73 Å². The van der Waals surface area contributed by atoms with Crippen molar-refractivity contribution >= 4 is 39.3 Å². The minimum absolute atomic E-state index is 0.201. The standard InChI is InChI=1S/C11H10BrClN4O/c12-8-3-6(1-2-9(8)13)11(18)15-4-7-5-16-17-10(7)14/h1-3,5H,4H2,(H,15,18)(H3,14,16,17). The zero-order valence-electron chi connectivity index (χ0n) is 9.21. The third kappa shape index (κ3) is 2.83. The van der Waals surface area contributed by atoms with Crippen LogP contribution >= 0.6 is 27.5 Å². The molecule has 1 aromatic heterocycles. The van der Waals surface area contributed by atoms with Gasteiger partial charge in [-0.3, -0.25) is 9.89 Å². The van der Waals surface area contributed by atoms with Gasteiger partial charge in [0.05, 0.1) is 11.2 Å². The highest BCUT2D eigenvalue weighted by Gasteiger charge is 2.09. The maximum atomic E-state index is 11.9. The average molecular weight is 330 g/mol. The lowest BCUT2D eigenvalue weighted by Gasteiger charge is -2.05. The second kappa shape index (κ2) is 5.41. The summed E-state index contributed by atoms with van der Waals surface area (Å²) in [5.41, 5.74) is 6.88. The molecule has 0 atom stereocenters. The molecule has 0 bridgehead atoms. The van der Waals surface area contributed by atoms with E-state index in [0.717, 1.165) is 5.56 Å². The third-order valence-electron chi connectivity index (χ3n) is 2.37. The van der Waals surface area contributed by atoms with Crippen molar-refractivity contribution in [3.8, 4) is 0 Å². The van der Waals surface area contributed by atoms with Crippen molar-refractivity contribution in [1.29, 1.82) is 0 Å². The first kappa shape index (κ1) is 12.9. The number of carbonyl (C=O) groups excluding carboxylic acids is 1. The normalized spacial score (nSPS) is 10.3. The average Bonchev–Trinajstić information content (AvgIpc) is 2.75. The molecule has 0 spiro atoms. The topological polar surface area (TPSA) is 83.8 Å². The first-order valence-electron chi connectivity index (χ1n) is 5.09. The molecular formula is C11H10BrClN4O. The van der Waals surface area contributed by atoms with Gasteiger partial charge in [-0.25, -0.2) is 0 Å². The third-order valence-corrected chi connectivity index (χ3v) is 3.59. The van der Waals surface area contributed by atoms with E-state index in [4.69, 9.17) is 17.3 Å². The zero-order chi connectivity index (χ0) is 13.1. The van der Waals surface area contributed by atoms with Crippen molar-refractivity contribution in [2.45, 2.75) is 6.54 Å². The number of H-pyrrole nitrogens is 1. The van der Waals surface area contributed by atoms with Crippen molar-refractivity contribution in [3.05, 3.63) is 45.0 Å². The van der Waals surface area contributed by atoms with Crippen LogP contribution in [0.25, 0.3) is 0 Å². The van der Waals surface area contributed by atoms with Crippen molar-refractivity contribution in [2.24, 2.45) is 0 Å². The number of nitrogens with two attached hydrogens (primary N) is 1. The summed E-state index contributed by atoms with van der Waals surface area (Å²) in [6.07, 6.45) is 1.58. The Balaban J connectivity index is 2.04. The Hall–Kier alpha value is -1.53. The number of aromatic amines is 1. The number of hydrogen-bond acceptors (Lipinski definition) is 3. The summed E-state index contributed by atoms with van der Waals surface area (Å²) >= 11 is 9.13. The SMILES string of the molecule is Nc1[nH]ncc1CNC(=O)c1ccc(Cl)c(Br)c1. The highest BCUT2D eigenvalue weighted by Crippen LogP contribution is 2.23. The number of nitrogens with one attached hydrogen (secondary N) is 2. The van der Waals surface area contributed by atoms with Gasteiger partial charge in [0.2, 0.25) is 0 Å². The van der Waals surface area contributed by atoms with Gasteiger partial charge in [0, 0.05) is 22.1 Å². The first-order chi connectivity index (χ1) is 8.58. The molecule has 2 rings (SSSR count). The Bertz CT molecular complexity index is 584. The van der Waals surface area contributed by atoms with E-state index in [0.29, 0.717) is 27.4 Å². The molecule has 0 aliphatic rings. The number of nitrogen functional groups attached to an aromatic ring is 1. The minimum Gasteiger partial charge on any atom is -0.384 e. The van der Waals surface area contributed by atoms with Gasteiger partial charge < -0.3 is 11.1 Å². The van der Waals surface area contributed by atoms with Gasteiger partial charge in [-0.1, -0.05) is 11.6 Å². The number of hydrogen-bond donors (Lipinski definition) is 3. The van der Waals surface area contributed by atoms with Crippen LogP contribution < -0.4 is 11.1 Å². The Kier molecular flexibility index (Phi) is 3.88. The molecule has 1 heterocycles.